The molecule has 0 saturated heterocycles. The van der Waals surface area contributed by atoms with Crippen LogP contribution in [0.5, 0.6) is 0 Å². The van der Waals surface area contributed by atoms with Crippen molar-refractivity contribution >= 4 is 17.1 Å². The van der Waals surface area contributed by atoms with Crippen LogP contribution in [0.1, 0.15) is 16.3 Å². The van der Waals surface area contributed by atoms with Crippen LogP contribution in [-0.2, 0) is 20.5 Å². The number of aromatic amines is 1. The Hall–Kier alpha value is -4.02. The fraction of sp³-hybridized carbons (Fsp3) is 0.211. The minimum absolute atomic E-state index is 0.0789. The molecule has 3 heterocycles. The van der Waals surface area contributed by atoms with Gasteiger partial charge in [-0.05, 0) is 24.3 Å². The first-order valence-corrected chi connectivity index (χ1v) is 9.00. The molecule has 0 bridgehead atoms. The number of hydrogen-bond donors (Lipinski definition) is 2. The minimum Gasteiger partial charge on any atom is -0.355 e. The predicted octanol–water partition coefficient (Wildman–Crippen LogP) is 0.727. The van der Waals surface area contributed by atoms with Crippen LogP contribution in [0.15, 0.2) is 44.4 Å². The Bertz CT molecular complexity index is 1360. The molecule has 0 unspecified atom stereocenters. The lowest BCUT2D eigenvalue weighted by molar-refractivity contribution is 0.0945. The number of aryl methyl sites for hydroxylation is 1. The third-order valence-electron chi connectivity index (χ3n) is 4.66. The van der Waals surface area contributed by atoms with E-state index in [2.05, 4.69) is 20.4 Å². The average Bonchev–Trinajstić information content (AvgIpc) is 3.39. The van der Waals surface area contributed by atoms with Gasteiger partial charge in [-0.3, -0.25) is 18.7 Å². The first kappa shape index (κ1) is 19.3. The Labute approximate surface area is 168 Å². The number of amides is 1. The molecule has 3 aromatic heterocycles. The van der Waals surface area contributed by atoms with Gasteiger partial charge in [-0.1, -0.05) is 5.16 Å². The van der Waals surface area contributed by atoms with Gasteiger partial charge >= 0.3 is 5.69 Å². The van der Waals surface area contributed by atoms with Crippen LogP contribution in [0, 0.1) is 5.82 Å². The Morgan fingerprint density at radius 2 is 1.93 bits per heavy atom. The second-order valence-corrected chi connectivity index (χ2v) is 6.68. The van der Waals surface area contributed by atoms with Crippen LogP contribution < -0.4 is 16.6 Å². The van der Waals surface area contributed by atoms with Crippen molar-refractivity contribution in [3.05, 3.63) is 68.5 Å². The number of nitrogens with one attached hydrogen (secondary N) is 2. The first-order chi connectivity index (χ1) is 14.3. The molecule has 154 valence electrons. The first-order valence-electron chi connectivity index (χ1n) is 9.00. The quantitative estimate of drug-likeness (QED) is 0.497. The molecular weight excluding hydrogens is 395 g/mol. The summed E-state index contributed by atoms with van der Waals surface area (Å²) in [6, 6.07) is 7.08. The third kappa shape index (κ3) is 3.41. The monoisotopic (exact) mass is 412 g/mol. The molecule has 1 aromatic carbocycles. The summed E-state index contributed by atoms with van der Waals surface area (Å²) in [6.07, 6.45) is 0.306. The zero-order valence-corrected chi connectivity index (χ0v) is 16.1. The van der Waals surface area contributed by atoms with Crippen molar-refractivity contribution in [3.63, 3.8) is 0 Å². The van der Waals surface area contributed by atoms with Gasteiger partial charge in [0, 0.05) is 38.7 Å². The molecule has 4 rings (SSSR count). The fourth-order valence-electron chi connectivity index (χ4n) is 3.01. The Kier molecular flexibility index (Phi) is 4.78. The third-order valence-corrected chi connectivity index (χ3v) is 4.66. The molecule has 2 N–H and O–H groups in total. The number of rotatable bonds is 5. The van der Waals surface area contributed by atoms with Crippen LogP contribution in [0.2, 0.25) is 0 Å². The SMILES string of the molecule is Cn1c(=O)c2[nH]c(CCNC(=O)c3cc(-c4ccc(F)cc4)on3)nc2n(C)c1=O. The number of benzene rings is 1. The highest BCUT2D eigenvalue weighted by Gasteiger charge is 2.15. The second-order valence-electron chi connectivity index (χ2n) is 6.68. The standard InChI is InChI=1S/C19H17FN6O4/c1-25-16-15(18(28)26(2)19(25)29)22-14(23-16)7-8-21-17(27)12-9-13(30-24-12)10-3-5-11(20)6-4-10/h3-6,9H,7-8H2,1-2H3,(H,21,27)(H,22,23). The van der Waals surface area contributed by atoms with E-state index in [9.17, 15) is 18.8 Å². The van der Waals surface area contributed by atoms with E-state index < -0.39 is 17.2 Å². The maximum Gasteiger partial charge on any atom is 0.332 e. The number of carbonyl (C=O) groups excluding carboxylic acids is 1. The van der Waals surface area contributed by atoms with Gasteiger partial charge in [-0.15, -0.1) is 0 Å². The molecule has 0 aliphatic heterocycles. The number of hydrogen-bond acceptors (Lipinski definition) is 6. The molecular formula is C19H17FN6O4. The number of H-pyrrole nitrogens is 1. The summed E-state index contributed by atoms with van der Waals surface area (Å²) in [4.78, 5) is 43.6. The van der Waals surface area contributed by atoms with E-state index in [0.717, 1.165) is 4.57 Å². The number of carbonyl (C=O) groups is 1. The van der Waals surface area contributed by atoms with Gasteiger partial charge in [0.1, 0.15) is 17.2 Å². The summed E-state index contributed by atoms with van der Waals surface area (Å²) < 4.78 is 20.4. The van der Waals surface area contributed by atoms with Gasteiger partial charge in [0.2, 0.25) is 0 Å². The van der Waals surface area contributed by atoms with Crippen molar-refractivity contribution in [1.82, 2.24) is 29.6 Å². The van der Waals surface area contributed by atoms with Crippen LogP contribution in [0.4, 0.5) is 4.39 Å². The zero-order valence-electron chi connectivity index (χ0n) is 16.1. The predicted molar refractivity (Wildman–Crippen MR) is 105 cm³/mol. The zero-order chi connectivity index (χ0) is 21.4. The van der Waals surface area contributed by atoms with E-state index in [1.54, 1.807) is 0 Å². The summed E-state index contributed by atoms with van der Waals surface area (Å²) >= 11 is 0. The molecule has 30 heavy (non-hydrogen) atoms. The summed E-state index contributed by atoms with van der Waals surface area (Å²) in [6.45, 7) is 0.214. The molecule has 0 atom stereocenters. The summed E-state index contributed by atoms with van der Waals surface area (Å²) in [5.74, 6) is -0.0313. The number of aromatic nitrogens is 5. The van der Waals surface area contributed by atoms with E-state index in [-0.39, 0.29) is 29.2 Å². The lowest BCUT2D eigenvalue weighted by Gasteiger charge is -2.00. The lowest BCUT2D eigenvalue weighted by atomic mass is 10.1. The number of fused-ring (bicyclic) bond motifs is 1. The highest BCUT2D eigenvalue weighted by atomic mass is 19.1. The number of nitrogens with zero attached hydrogens (tertiary/aromatic N) is 4. The molecule has 0 fully saturated rings. The van der Waals surface area contributed by atoms with Crippen LogP contribution >= 0.6 is 0 Å². The van der Waals surface area contributed by atoms with Gasteiger partial charge in [-0.25, -0.2) is 14.2 Å². The van der Waals surface area contributed by atoms with Crippen LogP contribution in [0.25, 0.3) is 22.5 Å². The van der Waals surface area contributed by atoms with Gasteiger partial charge < -0.3 is 14.8 Å². The van der Waals surface area contributed by atoms with Crippen molar-refractivity contribution < 1.29 is 13.7 Å². The molecule has 10 nitrogen and oxygen atoms in total. The molecule has 1 amide bonds. The van der Waals surface area contributed by atoms with Gasteiger partial charge in [0.15, 0.2) is 17.1 Å². The summed E-state index contributed by atoms with van der Waals surface area (Å²) in [5, 5.41) is 6.42. The molecule has 11 heteroatoms. The molecule has 0 saturated carbocycles. The fourth-order valence-corrected chi connectivity index (χ4v) is 3.01. The van der Waals surface area contributed by atoms with Crippen LogP contribution in [0.3, 0.4) is 0 Å². The molecule has 0 radical (unpaired) electrons. The maximum absolute atomic E-state index is 13.0. The summed E-state index contributed by atoms with van der Waals surface area (Å²) in [7, 11) is 2.92. The summed E-state index contributed by atoms with van der Waals surface area (Å²) in [5.41, 5.74) is 0.215. The van der Waals surface area contributed by atoms with E-state index in [1.165, 1.54) is 49.0 Å². The van der Waals surface area contributed by atoms with Gasteiger partial charge in [-0.2, -0.15) is 0 Å². The molecule has 4 aromatic rings. The van der Waals surface area contributed by atoms with Crippen molar-refractivity contribution in [3.8, 4) is 11.3 Å². The van der Waals surface area contributed by atoms with Crippen molar-refractivity contribution in [1.29, 1.82) is 0 Å². The Balaban J connectivity index is 1.43. The molecule has 0 aliphatic carbocycles. The van der Waals surface area contributed by atoms with Crippen LogP contribution in [-0.4, -0.2) is 36.7 Å². The van der Waals surface area contributed by atoms with E-state index in [1.807, 2.05) is 0 Å². The topological polar surface area (TPSA) is 128 Å². The highest BCUT2D eigenvalue weighted by Crippen LogP contribution is 2.20. The highest BCUT2D eigenvalue weighted by molar-refractivity contribution is 5.93. The Morgan fingerprint density at radius 1 is 1.20 bits per heavy atom. The normalized spacial score (nSPS) is 11.2. The number of imidazole rings is 1. The lowest BCUT2D eigenvalue weighted by Crippen LogP contribution is -2.36. The average molecular weight is 412 g/mol. The van der Waals surface area contributed by atoms with Crippen molar-refractivity contribution in [2.75, 3.05) is 6.54 Å². The smallest absolute Gasteiger partial charge is 0.332 e. The molecule has 0 aliphatic rings. The van der Waals surface area contributed by atoms with Gasteiger partial charge in [0.05, 0.1) is 0 Å². The largest absolute Gasteiger partial charge is 0.355 e. The van der Waals surface area contributed by atoms with Gasteiger partial charge in [0.25, 0.3) is 11.5 Å². The van der Waals surface area contributed by atoms with Crippen molar-refractivity contribution in [2.45, 2.75) is 6.42 Å². The maximum atomic E-state index is 13.0. The minimum atomic E-state index is -0.471. The van der Waals surface area contributed by atoms with E-state index >= 15 is 0 Å². The van der Waals surface area contributed by atoms with E-state index in [4.69, 9.17) is 4.52 Å². The Morgan fingerprint density at radius 3 is 2.67 bits per heavy atom. The molecule has 0 spiro atoms. The van der Waals surface area contributed by atoms with E-state index in [0.29, 0.717) is 23.6 Å². The van der Waals surface area contributed by atoms with Crippen molar-refractivity contribution in [2.24, 2.45) is 14.1 Å². The number of halogens is 1. The second kappa shape index (κ2) is 7.43.